The second kappa shape index (κ2) is 6.69. The Labute approximate surface area is 97.8 Å². The molecule has 0 aromatic heterocycles. The van der Waals surface area contributed by atoms with Crippen LogP contribution in [-0.2, 0) is 14.3 Å². The Balaban J connectivity index is 2.16. The molecule has 0 bridgehead atoms. The number of hydrogen-bond donors (Lipinski definition) is 0. The summed E-state index contributed by atoms with van der Waals surface area (Å²) in [6.45, 7) is 7.62. The van der Waals surface area contributed by atoms with Crippen molar-refractivity contribution in [2.24, 2.45) is 5.92 Å². The molecule has 0 heterocycles. The Morgan fingerprint density at radius 1 is 1.38 bits per heavy atom. The molecular weight excluding hydrogens is 204 g/mol. The van der Waals surface area contributed by atoms with Crippen molar-refractivity contribution in [1.82, 2.24) is 0 Å². The van der Waals surface area contributed by atoms with Crippen LogP contribution in [0, 0.1) is 5.92 Å². The van der Waals surface area contributed by atoms with Crippen molar-refractivity contribution in [2.75, 3.05) is 6.61 Å². The molecule has 1 fully saturated rings. The topological polar surface area (TPSA) is 35.5 Å². The number of carbonyl (C=O) groups excluding carboxylic acids is 1. The molecule has 0 saturated heterocycles. The molecule has 1 unspecified atom stereocenters. The van der Waals surface area contributed by atoms with Gasteiger partial charge in [0.25, 0.3) is 0 Å². The van der Waals surface area contributed by atoms with Gasteiger partial charge in [0, 0.05) is 5.57 Å². The summed E-state index contributed by atoms with van der Waals surface area (Å²) in [6.07, 6.45) is 5.95. The van der Waals surface area contributed by atoms with E-state index in [0.29, 0.717) is 18.1 Å². The molecule has 3 nitrogen and oxygen atoms in total. The summed E-state index contributed by atoms with van der Waals surface area (Å²) in [7, 11) is 0. The number of ether oxygens (including phenoxy) is 2. The van der Waals surface area contributed by atoms with Crippen LogP contribution in [-0.4, -0.2) is 18.9 Å². The molecule has 1 aliphatic rings. The van der Waals surface area contributed by atoms with Crippen LogP contribution >= 0.6 is 0 Å². The fourth-order valence-corrected chi connectivity index (χ4v) is 1.91. The van der Waals surface area contributed by atoms with Gasteiger partial charge in [-0.25, -0.2) is 4.79 Å². The smallest absolute Gasteiger partial charge is 0.335 e. The maximum Gasteiger partial charge on any atom is 0.335 e. The average Bonchev–Trinajstić information content (AvgIpc) is 2.27. The summed E-state index contributed by atoms with van der Waals surface area (Å²) in [5.74, 6) is 0.260. The molecule has 1 atom stereocenters. The molecule has 1 aliphatic carbocycles. The van der Waals surface area contributed by atoms with Crippen molar-refractivity contribution in [2.45, 2.75) is 52.2 Å². The molecule has 92 valence electrons. The van der Waals surface area contributed by atoms with E-state index in [2.05, 4.69) is 6.58 Å². The standard InChI is InChI=1S/C13H22O3/c1-10(2)13(14)16-11(3)15-9-12-7-5-4-6-8-12/h11-12H,1,4-9H2,2-3H3. The van der Waals surface area contributed by atoms with E-state index in [9.17, 15) is 4.79 Å². The molecule has 0 spiro atoms. The Morgan fingerprint density at radius 3 is 2.56 bits per heavy atom. The highest BCUT2D eigenvalue weighted by Gasteiger charge is 2.16. The Hall–Kier alpha value is -0.830. The normalized spacial score (nSPS) is 19.1. The number of carbonyl (C=O) groups is 1. The van der Waals surface area contributed by atoms with Crippen LogP contribution < -0.4 is 0 Å². The highest BCUT2D eigenvalue weighted by molar-refractivity contribution is 5.86. The minimum Gasteiger partial charge on any atom is -0.433 e. The van der Waals surface area contributed by atoms with E-state index in [1.807, 2.05) is 0 Å². The first-order valence-electron chi connectivity index (χ1n) is 6.07. The third kappa shape index (κ3) is 4.79. The maximum atomic E-state index is 11.2. The molecule has 0 N–H and O–H groups in total. The lowest BCUT2D eigenvalue weighted by atomic mass is 9.90. The first-order valence-corrected chi connectivity index (χ1v) is 6.07. The number of hydrogen-bond acceptors (Lipinski definition) is 3. The van der Waals surface area contributed by atoms with E-state index in [1.54, 1.807) is 13.8 Å². The largest absolute Gasteiger partial charge is 0.433 e. The lowest BCUT2D eigenvalue weighted by molar-refractivity contribution is -0.172. The Kier molecular flexibility index (Phi) is 5.53. The minimum atomic E-state index is -0.467. The minimum absolute atomic E-state index is 0.379. The van der Waals surface area contributed by atoms with Crippen molar-refractivity contribution in [3.05, 3.63) is 12.2 Å². The summed E-state index contributed by atoms with van der Waals surface area (Å²) in [5.41, 5.74) is 0.410. The fourth-order valence-electron chi connectivity index (χ4n) is 1.91. The molecule has 1 saturated carbocycles. The van der Waals surface area contributed by atoms with Gasteiger partial charge in [-0.1, -0.05) is 25.8 Å². The van der Waals surface area contributed by atoms with Gasteiger partial charge in [0.2, 0.25) is 0 Å². The van der Waals surface area contributed by atoms with Crippen LogP contribution in [0.1, 0.15) is 46.0 Å². The maximum absolute atomic E-state index is 11.2. The zero-order chi connectivity index (χ0) is 12.0. The van der Waals surface area contributed by atoms with Gasteiger partial charge < -0.3 is 9.47 Å². The summed E-state index contributed by atoms with van der Waals surface area (Å²) in [5, 5.41) is 0. The highest BCUT2D eigenvalue weighted by Crippen LogP contribution is 2.24. The molecule has 0 aromatic carbocycles. The van der Waals surface area contributed by atoms with Gasteiger partial charge in [-0.2, -0.15) is 0 Å². The van der Waals surface area contributed by atoms with E-state index in [1.165, 1.54) is 32.1 Å². The van der Waals surface area contributed by atoms with Gasteiger partial charge in [0.15, 0.2) is 6.29 Å². The van der Waals surface area contributed by atoms with Crippen molar-refractivity contribution < 1.29 is 14.3 Å². The van der Waals surface area contributed by atoms with Crippen molar-refractivity contribution >= 4 is 5.97 Å². The number of rotatable bonds is 5. The molecule has 3 heteroatoms. The quantitative estimate of drug-likeness (QED) is 0.410. The van der Waals surface area contributed by atoms with Gasteiger partial charge in [-0.3, -0.25) is 0 Å². The van der Waals surface area contributed by atoms with Crippen LogP contribution in [0.2, 0.25) is 0 Å². The van der Waals surface area contributed by atoms with Crippen LogP contribution in [0.15, 0.2) is 12.2 Å². The zero-order valence-corrected chi connectivity index (χ0v) is 10.3. The molecule has 1 rings (SSSR count). The second-order valence-electron chi connectivity index (χ2n) is 4.59. The van der Waals surface area contributed by atoms with E-state index < -0.39 is 6.29 Å². The molecule has 0 aliphatic heterocycles. The van der Waals surface area contributed by atoms with Crippen LogP contribution in [0.3, 0.4) is 0 Å². The molecule has 16 heavy (non-hydrogen) atoms. The van der Waals surface area contributed by atoms with Crippen LogP contribution in [0.25, 0.3) is 0 Å². The van der Waals surface area contributed by atoms with E-state index in [0.717, 1.165) is 0 Å². The Bertz CT molecular complexity index is 242. The summed E-state index contributed by atoms with van der Waals surface area (Å²) in [6, 6.07) is 0. The lowest BCUT2D eigenvalue weighted by Crippen LogP contribution is -2.22. The van der Waals surface area contributed by atoms with E-state index in [-0.39, 0.29) is 5.97 Å². The zero-order valence-electron chi connectivity index (χ0n) is 10.3. The van der Waals surface area contributed by atoms with E-state index in [4.69, 9.17) is 9.47 Å². The first-order chi connectivity index (χ1) is 7.59. The van der Waals surface area contributed by atoms with Crippen molar-refractivity contribution in [3.63, 3.8) is 0 Å². The third-order valence-corrected chi connectivity index (χ3v) is 2.91. The van der Waals surface area contributed by atoms with Gasteiger partial charge in [0.1, 0.15) is 0 Å². The predicted octanol–water partition coefficient (Wildman–Crippen LogP) is 3.05. The molecule has 0 amide bonds. The second-order valence-corrected chi connectivity index (χ2v) is 4.59. The summed E-state index contributed by atoms with van der Waals surface area (Å²) < 4.78 is 10.6. The predicted molar refractivity (Wildman–Crippen MR) is 62.9 cm³/mol. The van der Waals surface area contributed by atoms with E-state index >= 15 is 0 Å². The van der Waals surface area contributed by atoms with Crippen molar-refractivity contribution in [3.8, 4) is 0 Å². The van der Waals surface area contributed by atoms with Gasteiger partial charge >= 0.3 is 5.97 Å². The SMILES string of the molecule is C=C(C)C(=O)OC(C)OCC1CCCCC1. The number of esters is 1. The summed E-state index contributed by atoms with van der Waals surface area (Å²) >= 11 is 0. The summed E-state index contributed by atoms with van der Waals surface area (Å²) in [4.78, 5) is 11.2. The van der Waals surface area contributed by atoms with Gasteiger partial charge in [0.05, 0.1) is 6.61 Å². The fraction of sp³-hybridized carbons (Fsp3) is 0.769. The van der Waals surface area contributed by atoms with Crippen LogP contribution in [0.5, 0.6) is 0 Å². The van der Waals surface area contributed by atoms with Crippen molar-refractivity contribution in [1.29, 1.82) is 0 Å². The molecular formula is C13H22O3. The van der Waals surface area contributed by atoms with Gasteiger partial charge in [-0.15, -0.1) is 0 Å². The Morgan fingerprint density at radius 2 is 2.00 bits per heavy atom. The molecule has 0 radical (unpaired) electrons. The van der Waals surface area contributed by atoms with Gasteiger partial charge in [-0.05, 0) is 32.6 Å². The average molecular weight is 226 g/mol. The molecule has 0 aromatic rings. The lowest BCUT2D eigenvalue weighted by Gasteiger charge is -2.23. The third-order valence-electron chi connectivity index (χ3n) is 2.91. The van der Waals surface area contributed by atoms with Crippen LogP contribution in [0.4, 0.5) is 0 Å². The first kappa shape index (κ1) is 13.2. The highest BCUT2D eigenvalue weighted by atomic mass is 16.7. The monoisotopic (exact) mass is 226 g/mol.